The van der Waals surface area contributed by atoms with Crippen LogP contribution >= 0.6 is 0 Å². The van der Waals surface area contributed by atoms with Gasteiger partial charge >= 0.3 is 0 Å². The van der Waals surface area contributed by atoms with Gasteiger partial charge in [0.05, 0.1) is 83.7 Å². The van der Waals surface area contributed by atoms with Gasteiger partial charge in [-0.15, -0.1) is 0 Å². The van der Waals surface area contributed by atoms with E-state index in [2.05, 4.69) is 212 Å². The van der Waals surface area contributed by atoms with E-state index in [0.29, 0.717) is 28.2 Å². The Labute approximate surface area is 394 Å². The molecule has 15 rings (SSSR count). The molecule has 0 radical (unpaired) electrons. The van der Waals surface area contributed by atoms with E-state index in [4.69, 9.17) is 0 Å². The predicted octanol–water partition coefficient (Wildman–Crippen LogP) is 14.9. The molecule has 322 valence electrons. The van der Waals surface area contributed by atoms with Crippen molar-refractivity contribution in [3.63, 3.8) is 0 Å². The number of aromatic nitrogens is 4. The Morgan fingerprint density at radius 2 is 0.420 bits per heavy atom. The molecule has 1 aliphatic heterocycles. The molecule has 0 fully saturated rings. The average Bonchev–Trinajstić information content (AvgIpc) is 4.18. The van der Waals surface area contributed by atoms with Crippen LogP contribution in [0.2, 0.25) is 0 Å². The summed E-state index contributed by atoms with van der Waals surface area (Å²) in [6.07, 6.45) is 0. The van der Waals surface area contributed by atoms with Crippen LogP contribution in [0.5, 0.6) is 0 Å². The molecule has 7 nitrogen and oxygen atoms in total. The van der Waals surface area contributed by atoms with Crippen LogP contribution in [0.3, 0.4) is 0 Å². The minimum absolute atomic E-state index is 0.327. The lowest BCUT2D eigenvalue weighted by molar-refractivity contribution is 0.0926. The molecule has 0 aliphatic carbocycles. The maximum Gasteiger partial charge on any atom is 0.268 e. The third-order valence-corrected chi connectivity index (χ3v) is 14.5. The largest absolute Gasteiger partial charge is 0.306 e. The highest BCUT2D eigenvalue weighted by Gasteiger charge is 2.46. The zero-order valence-corrected chi connectivity index (χ0v) is 36.9. The van der Waals surface area contributed by atoms with Gasteiger partial charge < -0.3 is 18.3 Å². The lowest BCUT2D eigenvalue weighted by atomic mass is 9.98. The van der Waals surface area contributed by atoms with Crippen LogP contribution in [0.1, 0.15) is 20.7 Å². The second-order valence-electron chi connectivity index (χ2n) is 17.9. The molecule has 0 saturated heterocycles. The molecule has 0 N–H and O–H groups in total. The summed E-state index contributed by atoms with van der Waals surface area (Å²) in [6.45, 7) is 0. The highest BCUT2D eigenvalue weighted by Crippen LogP contribution is 2.51. The molecule has 0 unspecified atom stereocenters. The highest BCUT2D eigenvalue weighted by atomic mass is 16.2. The Morgan fingerprint density at radius 1 is 0.217 bits per heavy atom. The molecule has 4 aromatic heterocycles. The van der Waals surface area contributed by atoms with Gasteiger partial charge in [-0.05, 0) is 60.7 Å². The van der Waals surface area contributed by atoms with Crippen molar-refractivity contribution in [2.24, 2.45) is 0 Å². The first-order chi connectivity index (χ1) is 34.2. The summed E-state index contributed by atoms with van der Waals surface area (Å²) in [5, 5.41) is 8.44. The number of rotatable bonds is 5. The quantitative estimate of drug-likeness (QED) is 0.162. The molecular weight excluding hydrogens is 847 g/mol. The van der Waals surface area contributed by atoms with Crippen LogP contribution in [-0.4, -0.2) is 30.1 Å². The Hall–Kier alpha value is -9.46. The summed E-state index contributed by atoms with van der Waals surface area (Å²) in [7, 11) is 0. The molecule has 0 bridgehead atoms. The summed E-state index contributed by atoms with van der Waals surface area (Å²) in [5.74, 6) is -0.785. The lowest BCUT2D eigenvalue weighted by Crippen LogP contribution is -2.29. The van der Waals surface area contributed by atoms with Crippen molar-refractivity contribution in [2.45, 2.75) is 0 Å². The van der Waals surface area contributed by atoms with E-state index in [1.54, 1.807) is 0 Å². The summed E-state index contributed by atoms with van der Waals surface area (Å²) >= 11 is 0. The molecule has 10 aromatic carbocycles. The van der Waals surface area contributed by atoms with Crippen molar-refractivity contribution in [2.75, 3.05) is 4.90 Å². The van der Waals surface area contributed by atoms with E-state index in [1.165, 1.54) is 4.90 Å². The second kappa shape index (κ2) is 14.0. The Morgan fingerprint density at radius 3 is 0.667 bits per heavy atom. The number of anilines is 1. The van der Waals surface area contributed by atoms with Crippen molar-refractivity contribution < 1.29 is 9.59 Å². The topological polar surface area (TPSA) is 57.1 Å². The molecule has 0 saturated carbocycles. The van der Waals surface area contributed by atoms with Crippen molar-refractivity contribution in [3.8, 4) is 22.7 Å². The van der Waals surface area contributed by atoms with Crippen LogP contribution in [0.4, 0.5) is 5.69 Å². The van der Waals surface area contributed by atoms with Gasteiger partial charge in [-0.2, -0.15) is 0 Å². The number of para-hydroxylation sites is 9. The number of benzene rings is 10. The number of imide groups is 1. The number of carbonyl (C=O) groups excluding carboxylic acids is 2. The number of fused-ring (bicyclic) bond motifs is 13. The van der Waals surface area contributed by atoms with E-state index in [9.17, 15) is 0 Å². The van der Waals surface area contributed by atoms with Crippen molar-refractivity contribution in [1.82, 2.24) is 18.3 Å². The molecule has 14 aromatic rings. The van der Waals surface area contributed by atoms with Crippen LogP contribution in [0, 0.1) is 0 Å². The van der Waals surface area contributed by atoms with Crippen LogP contribution in [-0.2, 0) is 0 Å². The molecule has 0 atom stereocenters. The average molecular weight is 884 g/mol. The third kappa shape index (κ3) is 4.94. The Balaban J connectivity index is 1.31. The van der Waals surface area contributed by atoms with Crippen LogP contribution < -0.4 is 4.90 Å². The molecule has 7 heteroatoms. The number of hydrogen-bond donors (Lipinski definition) is 0. The summed E-state index contributed by atoms with van der Waals surface area (Å²) < 4.78 is 9.25. The smallest absolute Gasteiger partial charge is 0.268 e. The zero-order valence-electron chi connectivity index (χ0n) is 36.9. The van der Waals surface area contributed by atoms with Gasteiger partial charge in [0.1, 0.15) is 0 Å². The maximum absolute atomic E-state index is 16.4. The molecule has 69 heavy (non-hydrogen) atoms. The van der Waals surface area contributed by atoms with Crippen LogP contribution in [0.15, 0.2) is 224 Å². The number of carbonyl (C=O) groups is 2. The van der Waals surface area contributed by atoms with Crippen molar-refractivity contribution in [1.29, 1.82) is 0 Å². The van der Waals surface area contributed by atoms with Gasteiger partial charge in [0.2, 0.25) is 0 Å². The third-order valence-electron chi connectivity index (χ3n) is 14.5. The first-order valence-electron chi connectivity index (χ1n) is 23.3. The number of nitrogens with zero attached hydrogens (tertiary/aromatic N) is 5. The first kappa shape index (κ1) is 37.7. The Kier molecular flexibility index (Phi) is 7.67. The minimum atomic E-state index is -0.393. The molecular formula is C62H37N5O2. The lowest BCUT2D eigenvalue weighted by Gasteiger charge is -2.28. The fourth-order valence-corrected chi connectivity index (χ4v) is 11.8. The summed E-state index contributed by atoms with van der Waals surface area (Å²) in [4.78, 5) is 34.2. The normalized spacial score (nSPS) is 13.0. The van der Waals surface area contributed by atoms with E-state index in [0.717, 1.165) is 98.6 Å². The first-order valence-corrected chi connectivity index (χ1v) is 23.3. The van der Waals surface area contributed by atoms with Crippen molar-refractivity contribution in [3.05, 3.63) is 236 Å². The Bertz CT molecular complexity index is 4060. The molecule has 1 aliphatic rings. The standard InChI is InChI=1S/C62H37N5O2/c68-61-55-56(62(69)63(61)38-20-2-1-3-21-38)58(65-49-32-14-6-24-41(49)42-25-7-15-33-50(42)65)60(67-53-36-18-10-28-45(53)46-29-11-19-37-54(46)67)59(66-51-34-16-8-26-43(51)44-27-9-17-35-52(44)66)57(55)64-47-30-12-4-22-39(47)40-23-5-13-31-48(40)64/h1-37H. The fraction of sp³-hybridized carbons (Fsp3) is 0. The fourth-order valence-electron chi connectivity index (χ4n) is 11.8. The SMILES string of the molecule is O=C1c2c(c(-n3c4ccccc4c4ccccc43)c(-n3c4ccccc4c4ccccc43)c(-n3c4ccccc4c4ccccc43)c2-n2c3ccccc3c3ccccc32)C(=O)N1c1ccccc1. The monoisotopic (exact) mass is 883 g/mol. The van der Waals surface area contributed by atoms with Gasteiger partial charge in [0, 0.05) is 43.1 Å². The molecule has 5 heterocycles. The second-order valence-corrected chi connectivity index (χ2v) is 17.9. The van der Waals surface area contributed by atoms with E-state index in [1.807, 2.05) is 30.3 Å². The van der Waals surface area contributed by atoms with Gasteiger partial charge in [0.25, 0.3) is 11.8 Å². The van der Waals surface area contributed by atoms with E-state index in [-0.39, 0.29) is 0 Å². The van der Waals surface area contributed by atoms with Crippen molar-refractivity contribution >= 4 is 105 Å². The summed E-state index contributed by atoms with van der Waals surface area (Å²) in [5.41, 5.74) is 11.4. The summed E-state index contributed by atoms with van der Waals surface area (Å²) in [6, 6.07) is 77.2. The predicted molar refractivity (Wildman–Crippen MR) is 281 cm³/mol. The number of amides is 2. The highest BCUT2D eigenvalue weighted by molar-refractivity contribution is 6.38. The van der Waals surface area contributed by atoms with E-state index >= 15 is 9.59 Å². The zero-order chi connectivity index (χ0) is 45.5. The van der Waals surface area contributed by atoms with Gasteiger partial charge in [0.15, 0.2) is 0 Å². The number of hydrogen-bond acceptors (Lipinski definition) is 2. The van der Waals surface area contributed by atoms with Gasteiger partial charge in [-0.3, -0.25) is 9.59 Å². The minimum Gasteiger partial charge on any atom is -0.306 e. The molecule has 0 spiro atoms. The maximum atomic E-state index is 16.4. The van der Waals surface area contributed by atoms with Gasteiger partial charge in [-0.1, -0.05) is 164 Å². The van der Waals surface area contributed by atoms with Crippen LogP contribution in [0.25, 0.3) is 110 Å². The van der Waals surface area contributed by atoms with E-state index < -0.39 is 11.8 Å². The van der Waals surface area contributed by atoms with Gasteiger partial charge in [-0.25, -0.2) is 4.90 Å². The molecule has 2 amide bonds.